The van der Waals surface area contributed by atoms with Crippen LogP contribution in [0.5, 0.6) is 0 Å². The van der Waals surface area contributed by atoms with Gasteiger partial charge < -0.3 is 10.4 Å². The number of benzene rings is 1. The number of carbonyl (C=O) groups is 2. The minimum atomic E-state index is -0.809. The van der Waals surface area contributed by atoms with E-state index in [1.165, 1.54) is 30.6 Å². The molecule has 5 heteroatoms. The number of hydrogen-bond donors (Lipinski definition) is 2. The number of thioether (sulfide) groups is 1. The summed E-state index contributed by atoms with van der Waals surface area (Å²) in [6, 6.07) is 7.99. The molecule has 1 saturated carbocycles. The Morgan fingerprint density at radius 1 is 1.09 bits per heavy atom. The van der Waals surface area contributed by atoms with Crippen molar-refractivity contribution < 1.29 is 14.7 Å². The highest BCUT2D eigenvalue weighted by Gasteiger charge is 2.15. The van der Waals surface area contributed by atoms with Crippen LogP contribution in [0.4, 0.5) is 5.69 Å². The van der Waals surface area contributed by atoms with Crippen LogP contribution in [-0.4, -0.2) is 22.2 Å². The molecule has 22 heavy (non-hydrogen) atoms. The van der Waals surface area contributed by atoms with Crippen molar-refractivity contribution in [2.75, 3.05) is 5.32 Å². The summed E-state index contributed by atoms with van der Waals surface area (Å²) in [5.41, 5.74) is 0.805. The van der Waals surface area contributed by atoms with Gasteiger partial charge in [0.05, 0.1) is 0 Å². The predicted molar refractivity (Wildman–Crippen MR) is 89.3 cm³/mol. The normalized spacial score (nSPS) is 14.9. The molecular weight excluding hydrogens is 298 g/mol. The van der Waals surface area contributed by atoms with E-state index in [0.717, 1.165) is 10.9 Å². The molecule has 1 fully saturated rings. The van der Waals surface area contributed by atoms with Crippen molar-refractivity contribution >= 4 is 29.3 Å². The van der Waals surface area contributed by atoms with E-state index < -0.39 is 5.97 Å². The lowest BCUT2D eigenvalue weighted by atomic mass is 10.2. The Labute approximate surface area is 135 Å². The molecule has 0 bridgehead atoms. The molecule has 1 aromatic rings. The molecule has 0 unspecified atom stereocenters. The Kier molecular flexibility index (Phi) is 6.77. The Morgan fingerprint density at radius 3 is 2.36 bits per heavy atom. The molecule has 1 aliphatic carbocycles. The van der Waals surface area contributed by atoms with Gasteiger partial charge in [0.1, 0.15) is 0 Å². The molecule has 0 aliphatic heterocycles. The first-order valence-electron chi connectivity index (χ1n) is 7.92. The fourth-order valence-electron chi connectivity index (χ4n) is 2.60. The summed E-state index contributed by atoms with van der Waals surface area (Å²) >= 11 is 1.93. The van der Waals surface area contributed by atoms with Crippen LogP contribution in [0.25, 0.3) is 0 Å². The van der Waals surface area contributed by atoms with Crippen LogP contribution >= 0.6 is 11.8 Å². The molecule has 4 nitrogen and oxygen atoms in total. The Morgan fingerprint density at radius 2 is 1.73 bits per heavy atom. The summed E-state index contributed by atoms with van der Waals surface area (Å²) < 4.78 is 0. The zero-order valence-corrected chi connectivity index (χ0v) is 13.5. The van der Waals surface area contributed by atoms with Gasteiger partial charge in [-0.1, -0.05) is 12.8 Å². The second kappa shape index (κ2) is 8.83. The lowest BCUT2D eigenvalue weighted by Crippen LogP contribution is -2.11. The molecule has 120 valence electrons. The smallest absolute Gasteiger partial charge is 0.303 e. The quantitative estimate of drug-likeness (QED) is 0.700. The topological polar surface area (TPSA) is 66.4 Å². The zero-order chi connectivity index (χ0) is 15.8. The monoisotopic (exact) mass is 321 g/mol. The van der Waals surface area contributed by atoms with Gasteiger partial charge in [0.2, 0.25) is 5.91 Å². The van der Waals surface area contributed by atoms with Crippen LogP contribution in [-0.2, 0) is 9.59 Å². The first-order chi connectivity index (χ1) is 10.6. The van der Waals surface area contributed by atoms with Crippen molar-refractivity contribution in [3.8, 4) is 0 Å². The largest absolute Gasteiger partial charge is 0.481 e. The molecule has 0 saturated heterocycles. The predicted octanol–water partition coefficient (Wildman–Crippen LogP) is 4.30. The van der Waals surface area contributed by atoms with Gasteiger partial charge in [-0.25, -0.2) is 0 Å². The summed E-state index contributed by atoms with van der Waals surface area (Å²) in [7, 11) is 0. The van der Waals surface area contributed by atoms with E-state index in [1.54, 1.807) is 0 Å². The molecule has 0 atom stereocenters. The third-order valence-electron chi connectivity index (χ3n) is 3.79. The minimum absolute atomic E-state index is 0.0541. The SMILES string of the molecule is O=C(O)CCCCC(=O)Nc1ccc(SC2CCCC2)cc1. The first kappa shape index (κ1) is 16.9. The number of unbranched alkanes of at least 4 members (excludes halogenated alkanes) is 1. The molecule has 1 amide bonds. The number of amides is 1. The second-order valence-electron chi connectivity index (χ2n) is 5.70. The van der Waals surface area contributed by atoms with E-state index in [0.29, 0.717) is 19.3 Å². The van der Waals surface area contributed by atoms with Gasteiger partial charge in [-0.2, -0.15) is 0 Å². The molecule has 1 aromatic carbocycles. The standard InChI is InChI=1S/C17H23NO3S/c19-16(7-3-4-8-17(20)21)18-13-9-11-15(12-10-13)22-14-5-1-2-6-14/h9-12,14H,1-8H2,(H,18,19)(H,20,21). The van der Waals surface area contributed by atoms with Crippen LogP contribution in [0.3, 0.4) is 0 Å². The van der Waals surface area contributed by atoms with E-state index in [4.69, 9.17) is 5.11 Å². The van der Waals surface area contributed by atoms with Gasteiger partial charge in [0, 0.05) is 28.7 Å². The van der Waals surface area contributed by atoms with Crippen LogP contribution in [0, 0.1) is 0 Å². The maximum atomic E-state index is 11.8. The van der Waals surface area contributed by atoms with Crippen molar-refractivity contribution in [1.82, 2.24) is 0 Å². The van der Waals surface area contributed by atoms with Crippen LogP contribution in [0.15, 0.2) is 29.2 Å². The van der Waals surface area contributed by atoms with Crippen molar-refractivity contribution in [3.05, 3.63) is 24.3 Å². The van der Waals surface area contributed by atoms with Crippen LogP contribution in [0.1, 0.15) is 51.4 Å². The molecule has 0 aromatic heterocycles. The van der Waals surface area contributed by atoms with Crippen molar-refractivity contribution in [2.45, 2.75) is 61.5 Å². The van der Waals surface area contributed by atoms with Gasteiger partial charge in [-0.05, 0) is 49.9 Å². The molecular formula is C17H23NO3S. The number of hydrogen-bond acceptors (Lipinski definition) is 3. The number of rotatable bonds is 8. The molecule has 0 spiro atoms. The third-order valence-corrected chi connectivity index (χ3v) is 5.14. The highest BCUT2D eigenvalue weighted by Crippen LogP contribution is 2.34. The highest BCUT2D eigenvalue weighted by atomic mass is 32.2. The van der Waals surface area contributed by atoms with E-state index >= 15 is 0 Å². The van der Waals surface area contributed by atoms with Crippen LogP contribution < -0.4 is 5.32 Å². The number of anilines is 1. The molecule has 1 aliphatic rings. The van der Waals surface area contributed by atoms with E-state index in [2.05, 4.69) is 17.4 Å². The van der Waals surface area contributed by atoms with Crippen molar-refractivity contribution in [1.29, 1.82) is 0 Å². The zero-order valence-electron chi connectivity index (χ0n) is 12.7. The number of nitrogens with one attached hydrogen (secondary N) is 1. The van der Waals surface area contributed by atoms with Gasteiger partial charge in [-0.15, -0.1) is 11.8 Å². The van der Waals surface area contributed by atoms with E-state index in [1.807, 2.05) is 23.9 Å². The third kappa shape index (κ3) is 6.10. The average molecular weight is 321 g/mol. The lowest BCUT2D eigenvalue weighted by molar-refractivity contribution is -0.137. The maximum Gasteiger partial charge on any atom is 0.303 e. The lowest BCUT2D eigenvalue weighted by Gasteiger charge is -2.10. The fourth-order valence-corrected chi connectivity index (χ4v) is 3.85. The summed E-state index contributed by atoms with van der Waals surface area (Å²) in [5.74, 6) is -0.864. The Bertz CT molecular complexity index is 495. The van der Waals surface area contributed by atoms with Crippen molar-refractivity contribution in [3.63, 3.8) is 0 Å². The van der Waals surface area contributed by atoms with Gasteiger partial charge >= 0.3 is 5.97 Å². The number of carboxylic acid groups (broad SMARTS) is 1. The summed E-state index contributed by atoms with van der Waals surface area (Å²) in [6.07, 6.45) is 6.93. The van der Waals surface area contributed by atoms with E-state index in [-0.39, 0.29) is 12.3 Å². The number of carbonyl (C=O) groups excluding carboxylic acids is 1. The highest BCUT2D eigenvalue weighted by molar-refractivity contribution is 8.00. The van der Waals surface area contributed by atoms with Gasteiger partial charge in [-0.3, -0.25) is 9.59 Å². The Hall–Kier alpha value is -1.49. The Balaban J connectivity index is 1.70. The maximum absolute atomic E-state index is 11.8. The molecule has 2 rings (SSSR count). The molecule has 0 heterocycles. The second-order valence-corrected chi connectivity index (χ2v) is 7.07. The molecule has 0 radical (unpaired) electrons. The average Bonchev–Trinajstić information content (AvgIpc) is 2.98. The number of carboxylic acids is 1. The van der Waals surface area contributed by atoms with E-state index in [9.17, 15) is 9.59 Å². The summed E-state index contributed by atoms with van der Waals surface area (Å²) in [4.78, 5) is 23.4. The summed E-state index contributed by atoms with van der Waals surface area (Å²) in [6.45, 7) is 0. The van der Waals surface area contributed by atoms with Crippen molar-refractivity contribution in [2.24, 2.45) is 0 Å². The first-order valence-corrected chi connectivity index (χ1v) is 8.80. The number of aliphatic carboxylic acids is 1. The summed E-state index contributed by atoms with van der Waals surface area (Å²) in [5, 5.41) is 12.1. The minimum Gasteiger partial charge on any atom is -0.481 e. The van der Waals surface area contributed by atoms with Crippen LogP contribution in [0.2, 0.25) is 0 Å². The van der Waals surface area contributed by atoms with Gasteiger partial charge in [0.25, 0.3) is 0 Å². The van der Waals surface area contributed by atoms with Gasteiger partial charge in [0.15, 0.2) is 0 Å². The fraction of sp³-hybridized carbons (Fsp3) is 0.529. The molecule has 2 N–H and O–H groups in total.